The molecule has 424 valence electrons. The Bertz CT molecular complexity index is 2230. The number of fused-ring (bicyclic) bond motifs is 7. The number of para-hydroxylation sites is 1. The predicted octanol–water partition coefficient (Wildman–Crippen LogP) is 1.10. The Morgan fingerprint density at radius 2 is 1.31 bits per heavy atom. The van der Waals surface area contributed by atoms with E-state index in [1.807, 2.05) is 12.1 Å². The Balaban J connectivity index is 0.889. The minimum atomic E-state index is -1.79. The molecule has 3 heterocycles. The van der Waals surface area contributed by atoms with E-state index in [1.54, 1.807) is 19.2 Å². The van der Waals surface area contributed by atoms with Gasteiger partial charge in [-0.25, -0.2) is 4.79 Å². The van der Waals surface area contributed by atoms with Crippen LogP contribution in [0.4, 0.5) is 5.69 Å². The second-order valence-corrected chi connectivity index (χ2v) is 25.5. The lowest BCUT2D eigenvalue weighted by Gasteiger charge is -2.72. The number of esters is 1. The molecule has 4 saturated carbocycles. The van der Waals surface area contributed by atoms with Gasteiger partial charge in [-0.1, -0.05) is 72.2 Å². The van der Waals surface area contributed by atoms with Gasteiger partial charge in [0.25, 0.3) is 0 Å². The highest BCUT2D eigenvalue weighted by Gasteiger charge is 2.72. The first-order valence-electron chi connectivity index (χ1n) is 27.1. The molecule has 2 unspecified atom stereocenters. The topological polar surface area (TPSA) is 316 Å². The molecule has 0 spiro atoms. The Morgan fingerprint density at radius 3 is 1.96 bits per heavy atom. The van der Waals surface area contributed by atoms with Gasteiger partial charge in [0.2, 0.25) is 0 Å². The summed E-state index contributed by atoms with van der Waals surface area (Å²) >= 11 is 0. The van der Waals surface area contributed by atoms with Crippen LogP contribution in [0.1, 0.15) is 110 Å². The SMILES string of the molecule is CNc1ccccc1C(=O)O[C@H]1CC(C)(C)C[C@H]2C3=CCC4[C@@]5(C)CC[C@H](O[C@@H]6O[C@H](CO[C@@H]7O[C@H](CO[C@@H]8OC[C@@H](O)[C@H](O)[C@H]8O)[C@@H](O)[C@H](O)[C@H]7O)[C@@H](O)[C@H](O)[C@H]6O)C(C)(C)C5CC[C@@]4(C)[C@]3(C)C[C@H](O)[C@@]12CO. The van der Waals surface area contributed by atoms with Gasteiger partial charge in [0.1, 0.15) is 73.2 Å². The zero-order valence-electron chi connectivity index (χ0n) is 44.6. The maximum Gasteiger partial charge on any atom is 0.340 e. The molecule has 0 bridgehead atoms. The van der Waals surface area contributed by atoms with Crippen LogP contribution in [0.2, 0.25) is 0 Å². The van der Waals surface area contributed by atoms with Gasteiger partial charge in [-0.05, 0) is 108 Å². The Hall–Kier alpha value is -2.45. The van der Waals surface area contributed by atoms with Crippen molar-refractivity contribution in [2.45, 2.75) is 204 Å². The molecule has 75 heavy (non-hydrogen) atoms. The fraction of sp³-hybridized carbons (Fsp3) is 0.836. The van der Waals surface area contributed by atoms with E-state index >= 15 is 0 Å². The molecule has 3 aliphatic heterocycles. The maximum absolute atomic E-state index is 14.0. The van der Waals surface area contributed by atoms with E-state index < -0.39 is 140 Å². The zero-order chi connectivity index (χ0) is 54.5. The number of allylic oxidation sites excluding steroid dienone is 2. The molecule has 0 amide bonds. The molecule has 9 rings (SSSR count). The minimum Gasteiger partial charge on any atom is -0.458 e. The lowest BCUT2D eigenvalue weighted by Crippen LogP contribution is -2.69. The average molecular weight is 1060 g/mol. The van der Waals surface area contributed by atoms with E-state index in [0.29, 0.717) is 30.5 Å². The summed E-state index contributed by atoms with van der Waals surface area (Å²) in [5.74, 6) is -0.407. The van der Waals surface area contributed by atoms with Crippen LogP contribution in [0.15, 0.2) is 35.9 Å². The zero-order valence-corrected chi connectivity index (χ0v) is 44.6. The Morgan fingerprint density at radius 1 is 0.693 bits per heavy atom. The molecule has 8 aliphatic rings. The van der Waals surface area contributed by atoms with Crippen molar-refractivity contribution in [3.05, 3.63) is 41.5 Å². The number of carbonyl (C=O) groups excluding carboxylic acids is 1. The van der Waals surface area contributed by atoms with E-state index in [2.05, 4.69) is 59.9 Å². The standard InChI is InChI=1S/C55H85NO19/c1-50(2)19-28-27-13-14-34-52(5)17-16-36(51(3,4)33(52)15-18-53(34,6)54(27,7)20-35(59)55(28,25-57)37(21-50)74-46(68)26-11-9-10-12-29(26)56-8)75-49-45(67)42(64)40(62)32(73-49)24-71-48-44(66)41(63)39(61)31(72-48)23-70-47-43(65)38(60)30(58)22-69-47/h9-13,28,30-45,47-49,56-67H,14-25H2,1-8H3/t28-,30+,31+,32+,33?,34?,35-,36-,37-,38-,39+,40+,41-,42-,43+,44+,45+,47-,48+,49-,52-,53+,54+,55-/m0/s1. The number of hydrogen-bond donors (Lipinski definition) is 12. The molecular weight excluding hydrogens is 979 g/mol. The van der Waals surface area contributed by atoms with Crippen LogP contribution >= 0.6 is 0 Å². The fourth-order valence-corrected chi connectivity index (χ4v) is 16.2. The first kappa shape index (κ1) is 57.2. The lowest BCUT2D eigenvalue weighted by atomic mass is 9.33. The highest BCUT2D eigenvalue weighted by Crippen LogP contribution is 2.76. The molecule has 20 nitrogen and oxygen atoms in total. The van der Waals surface area contributed by atoms with Gasteiger partial charge in [-0.15, -0.1) is 0 Å². The second kappa shape index (κ2) is 20.9. The number of benzene rings is 1. The summed E-state index contributed by atoms with van der Waals surface area (Å²) in [7, 11) is 1.75. The van der Waals surface area contributed by atoms with Crippen molar-refractivity contribution in [3.8, 4) is 0 Å². The highest BCUT2D eigenvalue weighted by molar-refractivity contribution is 5.95. The fourth-order valence-electron chi connectivity index (χ4n) is 16.2. The van der Waals surface area contributed by atoms with Gasteiger partial charge in [-0.2, -0.15) is 0 Å². The number of rotatable bonds is 12. The normalized spacial score (nSPS) is 49.2. The number of anilines is 1. The first-order valence-corrected chi connectivity index (χ1v) is 27.1. The number of carbonyl (C=O) groups is 1. The number of nitrogens with one attached hydrogen (secondary N) is 1. The van der Waals surface area contributed by atoms with Gasteiger partial charge < -0.3 is 94.6 Å². The lowest BCUT2D eigenvalue weighted by molar-refractivity contribution is -0.348. The van der Waals surface area contributed by atoms with Gasteiger partial charge in [0.05, 0.1) is 49.6 Å². The van der Waals surface area contributed by atoms with Gasteiger partial charge in [-0.3, -0.25) is 0 Å². The summed E-state index contributed by atoms with van der Waals surface area (Å²) in [6, 6.07) is 7.18. The van der Waals surface area contributed by atoms with Crippen molar-refractivity contribution in [2.24, 2.45) is 50.2 Å². The van der Waals surface area contributed by atoms with Crippen molar-refractivity contribution in [1.82, 2.24) is 0 Å². The summed E-state index contributed by atoms with van der Waals surface area (Å²) in [4.78, 5) is 14.0. The molecular formula is C55H85NO19. The molecule has 12 N–H and O–H groups in total. The van der Waals surface area contributed by atoms with Crippen LogP contribution in [0, 0.1) is 50.2 Å². The summed E-state index contributed by atoms with van der Waals surface area (Å²) in [6.45, 7) is 14.1. The van der Waals surface area contributed by atoms with Crippen LogP contribution in [-0.4, -0.2) is 200 Å². The van der Waals surface area contributed by atoms with Gasteiger partial charge in [0.15, 0.2) is 18.9 Å². The van der Waals surface area contributed by atoms with Crippen LogP contribution in [0.3, 0.4) is 0 Å². The third kappa shape index (κ3) is 9.43. The average Bonchev–Trinajstić information content (AvgIpc) is 3.37. The van der Waals surface area contributed by atoms with Crippen LogP contribution in [0.25, 0.3) is 0 Å². The van der Waals surface area contributed by atoms with E-state index in [0.717, 1.165) is 32.1 Å². The van der Waals surface area contributed by atoms with Crippen molar-refractivity contribution in [2.75, 3.05) is 38.8 Å². The molecule has 1 aromatic rings. The van der Waals surface area contributed by atoms with Crippen LogP contribution in [-0.2, 0) is 33.2 Å². The Kier molecular flexibility index (Phi) is 15.9. The largest absolute Gasteiger partial charge is 0.458 e. The molecule has 0 radical (unpaired) electrons. The van der Waals surface area contributed by atoms with Crippen molar-refractivity contribution in [3.63, 3.8) is 0 Å². The monoisotopic (exact) mass is 1060 g/mol. The minimum absolute atomic E-state index is 0.131. The number of aliphatic hydroxyl groups excluding tert-OH is 11. The van der Waals surface area contributed by atoms with E-state index in [4.69, 9.17) is 33.2 Å². The quantitative estimate of drug-likeness (QED) is 0.0792. The number of ether oxygens (including phenoxy) is 7. The van der Waals surface area contributed by atoms with Gasteiger partial charge >= 0.3 is 5.97 Å². The van der Waals surface area contributed by atoms with E-state index in [-0.39, 0.29) is 47.2 Å². The summed E-state index contributed by atoms with van der Waals surface area (Å²) in [5, 5.41) is 123. The smallest absolute Gasteiger partial charge is 0.340 e. The van der Waals surface area contributed by atoms with Crippen LogP contribution < -0.4 is 5.32 Å². The predicted molar refractivity (Wildman–Crippen MR) is 266 cm³/mol. The summed E-state index contributed by atoms with van der Waals surface area (Å²) in [5.41, 5.74) is -0.495. The van der Waals surface area contributed by atoms with Crippen molar-refractivity contribution in [1.29, 1.82) is 0 Å². The second-order valence-electron chi connectivity index (χ2n) is 25.5. The molecule has 20 heteroatoms. The Labute approximate surface area is 439 Å². The number of aliphatic hydroxyl groups is 11. The molecule has 0 aromatic heterocycles. The first-order chi connectivity index (χ1) is 35.2. The summed E-state index contributed by atoms with van der Waals surface area (Å²) in [6.07, 6.45) is -16.3. The number of hydrogen-bond acceptors (Lipinski definition) is 20. The maximum atomic E-state index is 14.0. The molecule has 5 aliphatic carbocycles. The van der Waals surface area contributed by atoms with Crippen LogP contribution in [0.5, 0.6) is 0 Å². The van der Waals surface area contributed by atoms with E-state index in [9.17, 15) is 61.0 Å². The highest BCUT2D eigenvalue weighted by atomic mass is 16.7. The van der Waals surface area contributed by atoms with Crippen molar-refractivity contribution >= 4 is 11.7 Å². The molecule has 24 atom stereocenters. The third-order valence-electron chi connectivity index (χ3n) is 20.7. The molecule has 3 saturated heterocycles. The third-order valence-corrected chi connectivity index (χ3v) is 20.7. The van der Waals surface area contributed by atoms with E-state index in [1.165, 1.54) is 5.57 Å². The molecule has 1 aromatic carbocycles. The summed E-state index contributed by atoms with van der Waals surface area (Å²) < 4.78 is 41.6. The molecule has 7 fully saturated rings. The van der Waals surface area contributed by atoms with Crippen molar-refractivity contribution < 1.29 is 94.1 Å². The van der Waals surface area contributed by atoms with Gasteiger partial charge in [0, 0.05) is 12.7 Å².